The van der Waals surface area contributed by atoms with Gasteiger partial charge < -0.3 is 5.11 Å². The average Bonchev–Trinajstić information content (AvgIpc) is 2.26. The van der Waals surface area contributed by atoms with Crippen LogP contribution in [0.4, 0.5) is 4.39 Å². The van der Waals surface area contributed by atoms with Crippen LogP contribution in [-0.4, -0.2) is 5.11 Å². The lowest BCUT2D eigenvalue weighted by Crippen LogP contribution is -1.86. The Morgan fingerprint density at radius 1 is 1.19 bits per heavy atom. The second-order valence-electron chi connectivity index (χ2n) is 3.60. The molecule has 0 atom stereocenters. The minimum Gasteiger partial charge on any atom is -0.508 e. The molecule has 2 aromatic rings. The summed E-state index contributed by atoms with van der Waals surface area (Å²) >= 11 is 3.15. The van der Waals surface area contributed by atoms with E-state index in [-0.39, 0.29) is 11.6 Å². The number of phenolic OH excluding ortho intramolecular Hbond substituents is 1. The highest BCUT2D eigenvalue weighted by Gasteiger charge is 2.08. The zero-order chi connectivity index (χ0) is 11.7. The fourth-order valence-corrected chi connectivity index (χ4v) is 1.92. The largest absolute Gasteiger partial charge is 0.508 e. The molecule has 0 spiro atoms. The summed E-state index contributed by atoms with van der Waals surface area (Å²) < 4.78 is 14.3. The van der Waals surface area contributed by atoms with Gasteiger partial charge in [0.2, 0.25) is 0 Å². The first-order chi connectivity index (χ1) is 7.59. The lowest BCUT2D eigenvalue weighted by Gasteiger charge is -2.06. The predicted molar refractivity (Wildman–Crippen MR) is 65.9 cm³/mol. The summed E-state index contributed by atoms with van der Waals surface area (Å²) in [5.41, 5.74) is 2.02. The third-order valence-electron chi connectivity index (χ3n) is 2.46. The molecule has 2 rings (SSSR count). The number of hydrogen-bond acceptors (Lipinski definition) is 1. The van der Waals surface area contributed by atoms with Crippen LogP contribution in [0, 0.1) is 12.7 Å². The molecule has 82 valence electrons. The van der Waals surface area contributed by atoms with Crippen molar-refractivity contribution in [2.45, 2.75) is 6.92 Å². The molecule has 0 heterocycles. The van der Waals surface area contributed by atoms with Crippen molar-refractivity contribution >= 4 is 15.9 Å². The van der Waals surface area contributed by atoms with E-state index in [1.165, 1.54) is 0 Å². The second-order valence-corrected chi connectivity index (χ2v) is 4.46. The molecule has 0 bridgehead atoms. The molecule has 0 saturated heterocycles. The minimum atomic E-state index is -0.285. The first kappa shape index (κ1) is 11.1. The van der Waals surface area contributed by atoms with Crippen LogP contribution in [0.2, 0.25) is 0 Å². The summed E-state index contributed by atoms with van der Waals surface area (Å²) in [6.07, 6.45) is 0. The van der Waals surface area contributed by atoms with Gasteiger partial charge in [0, 0.05) is 5.56 Å². The van der Waals surface area contributed by atoms with E-state index in [4.69, 9.17) is 0 Å². The van der Waals surface area contributed by atoms with Crippen molar-refractivity contribution < 1.29 is 9.50 Å². The molecule has 0 unspecified atom stereocenters. The summed E-state index contributed by atoms with van der Waals surface area (Å²) in [4.78, 5) is 0. The molecule has 0 aliphatic carbocycles. The Morgan fingerprint density at radius 2 is 1.94 bits per heavy atom. The maximum atomic E-state index is 13.8. The van der Waals surface area contributed by atoms with E-state index in [2.05, 4.69) is 15.9 Å². The van der Waals surface area contributed by atoms with Gasteiger partial charge in [-0.25, -0.2) is 4.39 Å². The van der Waals surface area contributed by atoms with Gasteiger partial charge in [0.1, 0.15) is 11.6 Å². The minimum absolute atomic E-state index is 0.221. The number of halogens is 2. The molecule has 2 aromatic carbocycles. The third kappa shape index (κ3) is 1.95. The number of rotatable bonds is 1. The molecular weight excluding hydrogens is 271 g/mol. The highest BCUT2D eigenvalue weighted by atomic mass is 79.9. The Hall–Kier alpha value is -1.35. The van der Waals surface area contributed by atoms with Gasteiger partial charge in [-0.2, -0.15) is 0 Å². The van der Waals surface area contributed by atoms with Gasteiger partial charge in [0.05, 0.1) is 4.47 Å². The third-order valence-corrected chi connectivity index (χ3v) is 3.07. The quantitative estimate of drug-likeness (QED) is 0.827. The Balaban J connectivity index is 2.59. The molecule has 0 aliphatic rings. The van der Waals surface area contributed by atoms with Crippen LogP contribution >= 0.6 is 15.9 Å². The van der Waals surface area contributed by atoms with E-state index >= 15 is 0 Å². The molecular formula is C13H10BrFO. The van der Waals surface area contributed by atoms with Crippen molar-refractivity contribution in [1.82, 2.24) is 0 Å². The van der Waals surface area contributed by atoms with E-state index in [9.17, 15) is 9.50 Å². The Labute approximate surface area is 102 Å². The summed E-state index contributed by atoms with van der Waals surface area (Å²) in [7, 11) is 0. The molecule has 1 N–H and O–H groups in total. The van der Waals surface area contributed by atoms with E-state index in [1.54, 1.807) is 43.3 Å². The Bertz CT molecular complexity index is 537. The van der Waals surface area contributed by atoms with Crippen molar-refractivity contribution in [1.29, 1.82) is 0 Å². The maximum absolute atomic E-state index is 13.8. The van der Waals surface area contributed by atoms with E-state index in [0.717, 1.165) is 11.1 Å². The van der Waals surface area contributed by atoms with Crippen LogP contribution in [0.1, 0.15) is 5.56 Å². The van der Waals surface area contributed by atoms with Crippen LogP contribution in [0.3, 0.4) is 0 Å². The highest BCUT2D eigenvalue weighted by molar-refractivity contribution is 9.10. The fraction of sp³-hybridized carbons (Fsp3) is 0.0769. The molecule has 0 fully saturated rings. The lowest BCUT2D eigenvalue weighted by atomic mass is 10.0. The molecule has 16 heavy (non-hydrogen) atoms. The molecule has 0 saturated carbocycles. The zero-order valence-electron chi connectivity index (χ0n) is 8.67. The van der Waals surface area contributed by atoms with Gasteiger partial charge >= 0.3 is 0 Å². The SMILES string of the molecule is Cc1cc(-c2cccc(Br)c2F)ccc1O. The Kier molecular flexibility index (Phi) is 2.97. The van der Waals surface area contributed by atoms with Crippen molar-refractivity contribution in [3.63, 3.8) is 0 Å². The summed E-state index contributed by atoms with van der Waals surface area (Å²) in [6.45, 7) is 1.79. The van der Waals surface area contributed by atoms with Crippen molar-refractivity contribution in [3.8, 4) is 16.9 Å². The van der Waals surface area contributed by atoms with E-state index in [0.29, 0.717) is 10.0 Å². The van der Waals surface area contributed by atoms with Crippen molar-refractivity contribution in [2.24, 2.45) is 0 Å². The lowest BCUT2D eigenvalue weighted by molar-refractivity contribution is 0.471. The number of hydrogen-bond donors (Lipinski definition) is 1. The number of phenols is 1. The fourth-order valence-electron chi connectivity index (χ4n) is 1.55. The van der Waals surface area contributed by atoms with Crippen molar-refractivity contribution in [3.05, 3.63) is 52.3 Å². The van der Waals surface area contributed by atoms with Gasteiger partial charge in [-0.3, -0.25) is 0 Å². The molecule has 0 radical (unpaired) electrons. The highest BCUT2D eigenvalue weighted by Crippen LogP contribution is 2.30. The average molecular weight is 281 g/mol. The molecule has 3 heteroatoms. The Morgan fingerprint density at radius 3 is 2.62 bits per heavy atom. The van der Waals surface area contributed by atoms with Gasteiger partial charge in [-0.05, 0) is 52.2 Å². The van der Waals surface area contributed by atoms with Crippen molar-refractivity contribution in [2.75, 3.05) is 0 Å². The summed E-state index contributed by atoms with van der Waals surface area (Å²) in [5, 5.41) is 9.41. The molecule has 0 amide bonds. The van der Waals surface area contributed by atoms with Gasteiger partial charge in [-0.15, -0.1) is 0 Å². The normalized spacial score (nSPS) is 10.4. The van der Waals surface area contributed by atoms with Gasteiger partial charge in [-0.1, -0.05) is 18.2 Å². The van der Waals surface area contributed by atoms with E-state index in [1.807, 2.05) is 0 Å². The molecule has 0 aromatic heterocycles. The topological polar surface area (TPSA) is 20.2 Å². The van der Waals surface area contributed by atoms with E-state index < -0.39 is 0 Å². The van der Waals surface area contributed by atoms with Crippen LogP contribution < -0.4 is 0 Å². The standard InChI is InChI=1S/C13H10BrFO/c1-8-7-9(5-6-12(8)16)10-3-2-4-11(14)13(10)15/h2-7,16H,1H3. The first-order valence-electron chi connectivity index (χ1n) is 4.83. The molecule has 0 aliphatic heterocycles. The van der Waals surface area contributed by atoms with Crippen LogP contribution in [0.25, 0.3) is 11.1 Å². The first-order valence-corrected chi connectivity index (χ1v) is 5.63. The summed E-state index contributed by atoms with van der Waals surface area (Å²) in [5.74, 6) is -0.0632. The zero-order valence-corrected chi connectivity index (χ0v) is 10.3. The maximum Gasteiger partial charge on any atom is 0.145 e. The number of aromatic hydroxyl groups is 1. The van der Waals surface area contributed by atoms with Crippen LogP contribution in [-0.2, 0) is 0 Å². The second kappa shape index (κ2) is 4.26. The summed E-state index contributed by atoms with van der Waals surface area (Å²) in [6, 6.07) is 10.2. The monoisotopic (exact) mass is 280 g/mol. The predicted octanol–water partition coefficient (Wildman–Crippen LogP) is 4.27. The van der Waals surface area contributed by atoms with Gasteiger partial charge in [0.25, 0.3) is 0 Å². The number of benzene rings is 2. The van der Waals surface area contributed by atoms with Crippen LogP contribution in [0.5, 0.6) is 5.75 Å². The van der Waals surface area contributed by atoms with Gasteiger partial charge in [0.15, 0.2) is 0 Å². The smallest absolute Gasteiger partial charge is 0.145 e. The number of aryl methyl sites for hydroxylation is 1. The molecule has 1 nitrogen and oxygen atoms in total. The van der Waals surface area contributed by atoms with Crippen LogP contribution in [0.15, 0.2) is 40.9 Å².